The van der Waals surface area contributed by atoms with Gasteiger partial charge < -0.3 is 10.5 Å². The molecule has 0 saturated carbocycles. The third-order valence-electron chi connectivity index (χ3n) is 1.49. The number of ether oxygens (including phenoxy) is 1. The quantitative estimate of drug-likeness (QED) is 0.528. The molecule has 0 spiro atoms. The van der Waals surface area contributed by atoms with Gasteiger partial charge in [0.15, 0.2) is 0 Å². The smallest absolute Gasteiger partial charge is 0.415 e. The van der Waals surface area contributed by atoms with E-state index in [9.17, 15) is 4.79 Å². The van der Waals surface area contributed by atoms with E-state index in [-0.39, 0.29) is 0 Å². The first-order chi connectivity index (χ1) is 6.81. The molecule has 0 aliphatic heterocycles. The minimum atomic E-state index is -0.517. The summed E-state index contributed by atoms with van der Waals surface area (Å²) >= 11 is 0. The molecule has 0 aromatic carbocycles. The van der Waals surface area contributed by atoms with Crippen molar-refractivity contribution < 1.29 is 9.53 Å². The Kier molecular flexibility index (Phi) is 4.84. The van der Waals surface area contributed by atoms with Crippen molar-refractivity contribution in [2.75, 3.05) is 14.1 Å². The first-order valence-corrected chi connectivity index (χ1v) is 4.63. The van der Waals surface area contributed by atoms with Crippen LogP contribution in [0, 0.1) is 0 Å². The summed E-state index contributed by atoms with van der Waals surface area (Å²) in [6, 6.07) is 0. The van der Waals surface area contributed by atoms with E-state index in [2.05, 4.69) is 4.99 Å². The number of likely N-dealkylation sites (N-methyl/N-ethyl adjacent to an activating group) is 1. The van der Waals surface area contributed by atoms with Crippen LogP contribution in [0.2, 0.25) is 0 Å². The summed E-state index contributed by atoms with van der Waals surface area (Å²) in [5.74, 6) is 0.451. The van der Waals surface area contributed by atoms with E-state index in [0.29, 0.717) is 5.84 Å². The molecular weight excluding hydrogens is 194 g/mol. The first-order valence-electron chi connectivity index (χ1n) is 4.63. The van der Waals surface area contributed by atoms with Gasteiger partial charge in [-0.2, -0.15) is 0 Å². The number of nitrogens with zero attached hydrogens (tertiary/aromatic N) is 2. The van der Waals surface area contributed by atoms with Crippen LogP contribution in [0.15, 0.2) is 17.3 Å². The maximum atomic E-state index is 11.6. The van der Waals surface area contributed by atoms with Crippen LogP contribution in [0.3, 0.4) is 0 Å². The van der Waals surface area contributed by atoms with E-state index in [1.165, 1.54) is 17.2 Å². The number of aliphatic imine (C=N–C) groups is 1. The van der Waals surface area contributed by atoms with Crippen LogP contribution in [0.5, 0.6) is 0 Å². The van der Waals surface area contributed by atoms with E-state index in [4.69, 9.17) is 10.5 Å². The molecule has 0 saturated heterocycles. The summed E-state index contributed by atoms with van der Waals surface area (Å²) in [6.07, 6.45) is 2.40. The molecule has 0 aromatic heterocycles. The van der Waals surface area contributed by atoms with Gasteiger partial charge in [0, 0.05) is 14.1 Å². The van der Waals surface area contributed by atoms with E-state index < -0.39 is 11.7 Å². The van der Waals surface area contributed by atoms with Crippen LogP contribution >= 0.6 is 0 Å². The molecule has 15 heavy (non-hydrogen) atoms. The summed E-state index contributed by atoms with van der Waals surface area (Å²) in [5.41, 5.74) is 4.71. The van der Waals surface area contributed by atoms with Gasteiger partial charge in [0.2, 0.25) is 0 Å². The van der Waals surface area contributed by atoms with Crippen LogP contribution in [-0.2, 0) is 4.74 Å². The molecule has 5 nitrogen and oxygen atoms in total. The monoisotopic (exact) mass is 213 g/mol. The van der Waals surface area contributed by atoms with Crippen molar-refractivity contribution in [3.63, 3.8) is 0 Å². The van der Waals surface area contributed by atoms with Crippen LogP contribution < -0.4 is 5.73 Å². The number of amides is 1. The van der Waals surface area contributed by atoms with Crippen molar-refractivity contribution in [2.24, 2.45) is 10.7 Å². The minimum absolute atomic E-state index is 0.451. The highest BCUT2D eigenvalue weighted by atomic mass is 16.6. The molecule has 0 bridgehead atoms. The van der Waals surface area contributed by atoms with Crippen molar-refractivity contribution in [1.29, 1.82) is 0 Å². The van der Waals surface area contributed by atoms with Gasteiger partial charge in [-0.25, -0.2) is 4.79 Å². The van der Waals surface area contributed by atoms with Gasteiger partial charge in [-0.1, -0.05) is 0 Å². The topological polar surface area (TPSA) is 67.9 Å². The van der Waals surface area contributed by atoms with Crippen molar-refractivity contribution in [3.8, 4) is 0 Å². The van der Waals surface area contributed by atoms with Gasteiger partial charge in [0.05, 0.1) is 0 Å². The Morgan fingerprint density at radius 2 is 2.00 bits per heavy atom. The second kappa shape index (κ2) is 5.38. The van der Waals surface area contributed by atoms with E-state index >= 15 is 0 Å². The fraction of sp³-hybridized carbons (Fsp3) is 0.600. The molecule has 0 fully saturated rings. The predicted octanol–water partition coefficient (Wildman–Crippen LogP) is 1.35. The SMILES string of the molecule is CN=C(C=CN)N(C)C(=O)OC(C)(C)C. The third kappa shape index (κ3) is 5.05. The summed E-state index contributed by atoms with van der Waals surface area (Å²) in [5, 5.41) is 0. The standard InChI is InChI=1S/C10H19N3O2/c1-10(2,3)15-9(14)13(5)8(12-4)6-7-11/h6-7H,11H2,1-5H3. The van der Waals surface area contributed by atoms with E-state index in [1.54, 1.807) is 34.9 Å². The maximum Gasteiger partial charge on any atom is 0.415 e. The Morgan fingerprint density at radius 1 is 1.47 bits per heavy atom. The van der Waals surface area contributed by atoms with Crippen molar-refractivity contribution in [3.05, 3.63) is 12.3 Å². The highest BCUT2D eigenvalue weighted by molar-refractivity contribution is 6.01. The van der Waals surface area contributed by atoms with Crippen molar-refractivity contribution in [1.82, 2.24) is 4.90 Å². The lowest BCUT2D eigenvalue weighted by molar-refractivity contribution is 0.0403. The number of rotatable bonds is 1. The Bertz CT molecular complexity index is 277. The lowest BCUT2D eigenvalue weighted by Crippen LogP contribution is -2.37. The van der Waals surface area contributed by atoms with E-state index in [0.717, 1.165) is 0 Å². The second-order valence-electron chi connectivity index (χ2n) is 3.98. The number of carbonyl (C=O) groups is 1. The highest BCUT2D eigenvalue weighted by Crippen LogP contribution is 2.09. The number of hydrogen-bond donors (Lipinski definition) is 1. The number of amidine groups is 1. The Hall–Kier alpha value is -1.52. The molecule has 86 valence electrons. The fourth-order valence-electron chi connectivity index (χ4n) is 0.846. The molecule has 2 N–H and O–H groups in total. The Morgan fingerprint density at radius 3 is 2.33 bits per heavy atom. The third-order valence-corrected chi connectivity index (χ3v) is 1.49. The summed E-state index contributed by atoms with van der Waals surface area (Å²) in [6.45, 7) is 5.42. The molecule has 5 heteroatoms. The van der Waals surface area contributed by atoms with Crippen LogP contribution in [0.1, 0.15) is 20.8 Å². The summed E-state index contributed by atoms with van der Waals surface area (Å²) in [4.78, 5) is 16.8. The Labute approximate surface area is 90.6 Å². The molecule has 0 atom stereocenters. The number of carbonyl (C=O) groups excluding carboxylic acids is 1. The van der Waals surface area contributed by atoms with E-state index in [1.807, 2.05) is 0 Å². The molecule has 0 unspecified atom stereocenters. The number of nitrogens with two attached hydrogens (primary N) is 1. The molecule has 0 aliphatic carbocycles. The average molecular weight is 213 g/mol. The fourth-order valence-corrected chi connectivity index (χ4v) is 0.846. The van der Waals surface area contributed by atoms with Crippen LogP contribution in [0.4, 0.5) is 4.79 Å². The van der Waals surface area contributed by atoms with Crippen molar-refractivity contribution >= 4 is 11.9 Å². The molecule has 0 heterocycles. The zero-order valence-corrected chi connectivity index (χ0v) is 9.94. The molecule has 0 aromatic rings. The lowest BCUT2D eigenvalue weighted by atomic mass is 10.2. The van der Waals surface area contributed by atoms with Crippen LogP contribution in [0.25, 0.3) is 0 Å². The van der Waals surface area contributed by atoms with Gasteiger partial charge in [0.25, 0.3) is 0 Å². The van der Waals surface area contributed by atoms with Gasteiger partial charge in [0.1, 0.15) is 11.4 Å². The summed E-state index contributed by atoms with van der Waals surface area (Å²) < 4.78 is 5.16. The van der Waals surface area contributed by atoms with Gasteiger partial charge in [-0.15, -0.1) is 0 Å². The minimum Gasteiger partial charge on any atom is -0.443 e. The maximum absolute atomic E-state index is 11.6. The molecule has 0 aliphatic rings. The second-order valence-corrected chi connectivity index (χ2v) is 3.98. The Balaban J connectivity index is 4.57. The average Bonchev–Trinajstić information content (AvgIpc) is 2.10. The summed E-state index contributed by atoms with van der Waals surface area (Å²) in [7, 11) is 3.16. The van der Waals surface area contributed by atoms with Crippen LogP contribution in [-0.4, -0.2) is 36.5 Å². The molecule has 0 radical (unpaired) electrons. The van der Waals surface area contributed by atoms with Crippen molar-refractivity contribution in [2.45, 2.75) is 26.4 Å². The predicted molar refractivity (Wildman–Crippen MR) is 60.7 cm³/mol. The zero-order chi connectivity index (χ0) is 12.1. The van der Waals surface area contributed by atoms with Gasteiger partial charge in [-0.3, -0.25) is 9.89 Å². The molecule has 0 rings (SSSR count). The lowest BCUT2D eigenvalue weighted by Gasteiger charge is -2.24. The molecule has 1 amide bonds. The van der Waals surface area contributed by atoms with Gasteiger partial charge in [-0.05, 0) is 33.0 Å². The zero-order valence-electron chi connectivity index (χ0n) is 9.94. The number of hydrogen-bond acceptors (Lipinski definition) is 4. The largest absolute Gasteiger partial charge is 0.443 e. The highest BCUT2D eigenvalue weighted by Gasteiger charge is 2.21. The first kappa shape index (κ1) is 13.5. The normalized spacial score (nSPS) is 13.0. The van der Waals surface area contributed by atoms with Gasteiger partial charge >= 0.3 is 6.09 Å². The molecular formula is C10H19N3O2.